The zero-order valence-electron chi connectivity index (χ0n) is 9.98. The third-order valence-corrected chi connectivity index (χ3v) is 4.27. The van der Waals surface area contributed by atoms with E-state index >= 15 is 0 Å². The Hall–Kier alpha value is -0.940. The number of aliphatic hydroxyl groups is 1. The molecule has 1 saturated carbocycles. The van der Waals surface area contributed by atoms with Gasteiger partial charge in [0, 0.05) is 12.5 Å². The summed E-state index contributed by atoms with van der Waals surface area (Å²) in [5, 5.41) is 12.7. The minimum absolute atomic E-state index is 0.0669. The summed E-state index contributed by atoms with van der Waals surface area (Å²) >= 11 is 1.36. The van der Waals surface area contributed by atoms with Gasteiger partial charge in [-0.05, 0) is 19.8 Å². The average molecular weight is 254 g/mol. The molecule has 4 nitrogen and oxygen atoms in total. The van der Waals surface area contributed by atoms with Gasteiger partial charge in [-0.1, -0.05) is 12.8 Å². The lowest BCUT2D eigenvalue weighted by molar-refractivity contribution is 0.0664. The summed E-state index contributed by atoms with van der Waals surface area (Å²) < 4.78 is 0. The summed E-state index contributed by atoms with van der Waals surface area (Å²) in [5.41, 5.74) is 2.45. The summed E-state index contributed by atoms with van der Waals surface area (Å²) in [4.78, 5) is 16.6. The van der Waals surface area contributed by atoms with Crippen LogP contribution < -0.4 is 5.32 Å². The van der Waals surface area contributed by atoms with Gasteiger partial charge in [-0.15, -0.1) is 11.3 Å². The SMILES string of the molecule is Cc1ncsc1C(=O)NCC1CCCCC1O. The lowest BCUT2D eigenvalue weighted by Crippen LogP contribution is -2.36. The fourth-order valence-corrected chi connectivity index (χ4v) is 2.97. The number of aryl methyl sites for hydroxylation is 1. The molecule has 1 aliphatic carbocycles. The number of thiazole rings is 1. The van der Waals surface area contributed by atoms with Crippen LogP contribution in [0.15, 0.2) is 5.51 Å². The van der Waals surface area contributed by atoms with Crippen molar-refractivity contribution >= 4 is 17.2 Å². The average Bonchev–Trinajstić information content (AvgIpc) is 2.74. The highest BCUT2D eigenvalue weighted by molar-refractivity contribution is 7.11. The van der Waals surface area contributed by atoms with Crippen LogP contribution in [0.1, 0.15) is 41.0 Å². The van der Waals surface area contributed by atoms with E-state index in [0.29, 0.717) is 11.4 Å². The van der Waals surface area contributed by atoms with Crippen molar-refractivity contribution in [1.82, 2.24) is 10.3 Å². The van der Waals surface area contributed by atoms with Crippen LogP contribution in [0.5, 0.6) is 0 Å². The maximum Gasteiger partial charge on any atom is 0.263 e. The van der Waals surface area contributed by atoms with Crippen LogP contribution in [0.25, 0.3) is 0 Å². The number of hydrogen-bond donors (Lipinski definition) is 2. The molecule has 2 unspecified atom stereocenters. The molecule has 5 heteroatoms. The number of carbonyl (C=O) groups is 1. The summed E-state index contributed by atoms with van der Waals surface area (Å²) in [7, 11) is 0. The molecular formula is C12H18N2O2S. The Morgan fingerprint density at radius 2 is 2.35 bits per heavy atom. The quantitative estimate of drug-likeness (QED) is 0.863. The van der Waals surface area contributed by atoms with E-state index in [4.69, 9.17) is 0 Å². The minimum atomic E-state index is -0.258. The molecule has 1 amide bonds. The van der Waals surface area contributed by atoms with Crippen LogP contribution in [0.3, 0.4) is 0 Å². The van der Waals surface area contributed by atoms with Gasteiger partial charge >= 0.3 is 0 Å². The summed E-state index contributed by atoms with van der Waals surface area (Å²) in [6.07, 6.45) is 3.85. The van der Waals surface area contributed by atoms with E-state index in [2.05, 4.69) is 10.3 Å². The fraction of sp³-hybridized carbons (Fsp3) is 0.667. The fourth-order valence-electron chi connectivity index (χ4n) is 2.25. The van der Waals surface area contributed by atoms with E-state index in [1.807, 2.05) is 6.92 Å². The number of aliphatic hydroxyl groups excluding tert-OH is 1. The highest BCUT2D eigenvalue weighted by Crippen LogP contribution is 2.23. The Labute approximate surface area is 105 Å². The van der Waals surface area contributed by atoms with Gasteiger partial charge in [0.25, 0.3) is 5.91 Å². The molecule has 1 heterocycles. The number of nitrogens with zero attached hydrogens (tertiary/aromatic N) is 1. The van der Waals surface area contributed by atoms with Crippen LogP contribution in [-0.2, 0) is 0 Å². The second-order valence-corrected chi connectivity index (χ2v) is 5.44. The zero-order chi connectivity index (χ0) is 12.3. The summed E-state index contributed by atoms with van der Waals surface area (Å²) in [5.74, 6) is 0.142. The van der Waals surface area contributed by atoms with E-state index in [1.54, 1.807) is 5.51 Å². The van der Waals surface area contributed by atoms with Gasteiger partial charge < -0.3 is 10.4 Å². The monoisotopic (exact) mass is 254 g/mol. The van der Waals surface area contributed by atoms with Crippen LogP contribution in [0.2, 0.25) is 0 Å². The van der Waals surface area contributed by atoms with Crippen LogP contribution in [0, 0.1) is 12.8 Å². The van der Waals surface area contributed by atoms with Gasteiger partial charge in [-0.2, -0.15) is 0 Å². The van der Waals surface area contributed by atoms with E-state index in [9.17, 15) is 9.90 Å². The molecule has 0 saturated heterocycles. The van der Waals surface area contributed by atoms with E-state index < -0.39 is 0 Å². The summed E-state index contributed by atoms with van der Waals surface area (Å²) in [6.45, 7) is 2.40. The minimum Gasteiger partial charge on any atom is -0.393 e. The molecule has 0 aromatic carbocycles. The largest absolute Gasteiger partial charge is 0.393 e. The van der Waals surface area contributed by atoms with Gasteiger partial charge in [0.05, 0.1) is 17.3 Å². The first-order valence-electron chi connectivity index (χ1n) is 6.05. The smallest absolute Gasteiger partial charge is 0.263 e. The first kappa shape index (κ1) is 12.5. The maximum absolute atomic E-state index is 11.9. The molecule has 1 fully saturated rings. The van der Waals surface area contributed by atoms with Crippen molar-refractivity contribution in [2.24, 2.45) is 5.92 Å². The molecule has 2 rings (SSSR count). The predicted octanol–water partition coefficient (Wildman–Crippen LogP) is 1.73. The number of hydrogen-bond acceptors (Lipinski definition) is 4. The van der Waals surface area contributed by atoms with Crippen molar-refractivity contribution in [2.75, 3.05) is 6.54 Å². The number of carbonyl (C=O) groups excluding carboxylic acids is 1. The Kier molecular flexibility index (Phi) is 4.12. The van der Waals surface area contributed by atoms with Crippen LogP contribution in [0.4, 0.5) is 0 Å². The third-order valence-electron chi connectivity index (χ3n) is 3.35. The molecule has 0 radical (unpaired) electrons. The van der Waals surface area contributed by atoms with E-state index in [0.717, 1.165) is 31.4 Å². The van der Waals surface area contributed by atoms with Crippen molar-refractivity contribution < 1.29 is 9.90 Å². The van der Waals surface area contributed by atoms with Gasteiger partial charge in [0.1, 0.15) is 4.88 Å². The third kappa shape index (κ3) is 3.04. The number of amides is 1. The van der Waals surface area contributed by atoms with Crippen molar-refractivity contribution in [3.8, 4) is 0 Å². The molecule has 0 bridgehead atoms. The summed E-state index contributed by atoms with van der Waals surface area (Å²) in [6, 6.07) is 0. The van der Waals surface area contributed by atoms with Gasteiger partial charge in [-0.25, -0.2) is 4.98 Å². The van der Waals surface area contributed by atoms with Crippen LogP contribution >= 0.6 is 11.3 Å². The lowest BCUT2D eigenvalue weighted by Gasteiger charge is -2.27. The van der Waals surface area contributed by atoms with Crippen molar-refractivity contribution in [1.29, 1.82) is 0 Å². The molecule has 0 aliphatic heterocycles. The molecule has 17 heavy (non-hydrogen) atoms. The number of nitrogens with one attached hydrogen (secondary N) is 1. The topological polar surface area (TPSA) is 62.2 Å². The number of aromatic nitrogens is 1. The Bertz CT molecular complexity index is 392. The second kappa shape index (κ2) is 5.60. The van der Waals surface area contributed by atoms with Gasteiger partial charge in [0.2, 0.25) is 0 Å². The second-order valence-electron chi connectivity index (χ2n) is 4.59. The molecule has 1 aromatic heterocycles. The highest BCUT2D eigenvalue weighted by atomic mass is 32.1. The molecular weight excluding hydrogens is 236 g/mol. The molecule has 1 aliphatic rings. The molecule has 2 atom stereocenters. The van der Waals surface area contributed by atoms with E-state index in [1.165, 1.54) is 11.3 Å². The maximum atomic E-state index is 11.9. The molecule has 94 valence electrons. The Morgan fingerprint density at radius 3 is 3.00 bits per heavy atom. The predicted molar refractivity (Wildman–Crippen MR) is 67.1 cm³/mol. The van der Waals surface area contributed by atoms with Crippen molar-refractivity contribution in [3.63, 3.8) is 0 Å². The number of rotatable bonds is 3. The first-order chi connectivity index (χ1) is 8.18. The first-order valence-corrected chi connectivity index (χ1v) is 6.93. The van der Waals surface area contributed by atoms with Gasteiger partial charge in [0.15, 0.2) is 0 Å². The Balaban J connectivity index is 1.86. The molecule has 1 aromatic rings. The standard InChI is InChI=1S/C12H18N2O2S/c1-8-11(17-7-14-8)12(16)13-6-9-4-2-3-5-10(9)15/h7,9-10,15H,2-6H2,1H3,(H,13,16). The van der Waals surface area contributed by atoms with E-state index in [-0.39, 0.29) is 17.9 Å². The van der Waals surface area contributed by atoms with Gasteiger partial charge in [-0.3, -0.25) is 4.79 Å². The lowest BCUT2D eigenvalue weighted by atomic mass is 9.86. The Morgan fingerprint density at radius 1 is 1.59 bits per heavy atom. The molecule has 0 spiro atoms. The van der Waals surface area contributed by atoms with Crippen molar-refractivity contribution in [3.05, 3.63) is 16.1 Å². The van der Waals surface area contributed by atoms with Crippen molar-refractivity contribution in [2.45, 2.75) is 38.7 Å². The zero-order valence-corrected chi connectivity index (χ0v) is 10.8. The molecule has 2 N–H and O–H groups in total. The highest BCUT2D eigenvalue weighted by Gasteiger charge is 2.23. The van der Waals surface area contributed by atoms with Crippen LogP contribution in [-0.4, -0.2) is 28.6 Å². The normalized spacial score (nSPS) is 24.6.